The van der Waals surface area contributed by atoms with E-state index in [9.17, 15) is 18.5 Å². The monoisotopic (exact) mass is 669 g/mol. The highest BCUT2D eigenvalue weighted by molar-refractivity contribution is 7.82. The van der Waals surface area contributed by atoms with Crippen molar-refractivity contribution < 1.29 is 36.8 Å². The van der Waals surface area contributed by atoms with Crippen LogP contribution in [0.3, 0.4) is 0 Å². The largest absolute Gasteiger partial charge is 0.489 e. The van der Waals surface area contributed by atoms with E-state index in [1.807, 2.05) is 37.3 Å². The van der Waals surface area contributed by atoms with E-state index in [0.717, 1.165) is 17.7 Å². The molecular formula is C37H42F3NO5S. The Morgan fingerprint density at radius 1 is 1.02 bits per heavy atom. The molecule has 0 aliphatic carbocycles. The standard InChI is InChI=1S/C37H42F3NO5S/c1-22(17-26-13-14-27(38)19-31(26)45-21-25-11-9-8-10-12-25)24(3)33-34-28(29(39)15-16-30(34)40)20-41(47(7)44)35(33)23(2)18-32(36(42)43)46-37(4,5)6/h8-16,19,22,32H,17-18,20-21H2,1-7H3,(H,42,43)/b33-24-,35-23+/t22?,32-,47?/m0/s1. The molecule has 0 fully saturated rings. The molecule has 0 bridgehead atoms. The van der Waals surface area contributed by atoms with Crippen LogP contribution in [-0.4, -0.2) is 37.6 Å². The Morgan fingerprint density at radius 2 is 1.68 bits per heavy atom. The fourth-order valence-electron chi connectivity index (χ4n) is 5.79. The van der Waals surface area contributed by atoms with E-state index in [1.54, 1.807) is 40.7 Å². The SMILES string of the molecule is C/C(=C1/C(=C(/C)C[C@H](OC(C)(C)C)C(=O)O)N(S(C)=O)Cc2c(F)ccc(F)c21)C(C)Cc1ccc(F)cc1OCc1ccccc1. The molecule has 0 aromatic heterocycles. The second-order valence-electron chi connectivity index (χ2n) is 12.9. The molecule has 47 heavy (non-hydrogen) atoms. The lowest BCUT2D eigenvalue weighted by molar-refractivity contribution is -0.159. The number of carboxylic acid groups (broad SMARTS) is 1. The minimum Gasteiger partial charge on any atom is -0.489 e. The van der Waals surface area contributed by atoms with E-state index in [4.69, 9.17) is 9.47 Å². The lowest BCUT2D eigenvalue weighted by Crippen LogP contribution is -2.35. The number of benzene rings is 3. The lowest BCUT2D eigenvalue weighted by atomic mass is 9.82. The summed E-state index contributed by atoms with van der Waals surface area (Å²) >= 11 is 0. The number of hydrogen-bond donors (Lipinski definition) is 1. The number of carboxylic acids is 1. The van der Waals surface area contributed by atoms with Gasteiger partial charge in [0.25, 0.3) is 0 Å². The highest BCUT2D eigenvalue weighted by Crippen LogP contribution is 2.45. The van der Waals surface area contributed by atoms with Crippen molar-refractivity contribution in [3.05, 3.63) is 117 Å². The molecule has 0 radical (unpaired) electrons. The van der Waals surface area contributed by atoms with Crippen LogP contribution in [-0.2, 0) is 40.1 Å². The van der Waals surface area contributed by atoms with Gasteiger partial charge in [-0.05, 0) is 81.9 Å². The fraction of sp³-hybridized carbons (Fsp3) is 0.378. The molecule has 0 spiro atoms. The van der Waals surface area contributed by atoms with Crippen molar-refractivity contribution in [1.29, 1.82) is 0 Å². The summed E-state index contributed by atoms with van der Waals surface area (Å²) < 4.78 is 72.1. The molecule has 1 aliphatic rings. The molecule has 1 aliphatic heterocycles. The van der Waals surface area contributed by atoms with E-state index in [2.05, 4.69) is 0 Å². The first-order chi connectivity index (χ1) is 22.1. The number of allylic oxidation sites excluding steroid dienone is 2. The third-order valence-corrected chi connectivity index (χ3v) is 9.08. The Morgan fingerprint density at radius 3 is 2.30 bits per heavy atom. The Bertz CT molecular complexity index is 1710. The van der Waals surface area contributed by atoms with Gasteiger partial charge >= 0.3 is 5.97 Å². The van der Waals surface area contributed by atoms with Crippen LogP contribution in [0.1, 0.15) is 70.2 Å². The highest BCUT2D eigenvalue weighted by atomic mass is 32.2. The molecule has 3 atom stereocenters. The second kappa shape index (κ2) is 14.9. The molecule has 0 saturated carbocycles. The van der Waals surface area contributed by atoms with E-state index in [1.165, 1.54) is 22.7 Å². The number of carbonyl (C=O) groups is 1. The van der Waals surface area contributed by atoms with Gasteiger partial charge in [-0.2, -0.15) is 0 Å². The maximum atomic E-state index is 15.8. The van der Waals surface area contributed by atoms with Crippen LogP contribution in [0, 0.1) is 23.4 Å². The first kappa shape index (κ1) is 36.0. The third-order valence-electron chi connectivity index (χ3n) is 8.15. The van der Waals surface area contributed by atoms with Crippen molar-refractivity contribution in [2.75, 3.05) is 6.26 Å². The van der Waals surface area contributed by atoms with Crippen LogP contribution in [0.25, 0.3) is 5.57 Å². The second-order valence-corrected chi connectivity index (χ2v) is 14.2. The Balaban J connectivity index is 1.85. The van der Waals surface area contributed by atoms with Crippen LogP contribution in [0.15, 0.2) is 77.5 Å². The first-order valence-corrected chi connectivity index (χ1v) is 16.9. The zero-order chi connectivity index (χ0) is 34.6. The summed E-state index contributed by atoms with van der Waals surface area (Å²) in [7, 11) is -1.68. The van der Waals surface area contributed by atoms with Gasteiger partial charge in [0.05, 0.1) is 17.8 Å². The van der Waals surface area contributed by atoms with Gasteiger partial charge < -0.3 is 14.6 Å². The van der Waals surface area contributed by atoms with Crippen LogP contribution in [0.2, 0.25) is 0 Å². The van der Waals surface area contributed by atoms with Crippen molar-refractivity contribution >= 4 is 22.5 Å². The maximum Gasteiger partial charge on any atom is 0.333 e. The predicted molar refractivity (Wildman–Crippen MR) is 178 cm³/mol. The molecule has 6 nitrogen and oxygen atoms in total. The number of nitrogens with zero attached hydrogens (tertiary/aromatic N) is 1. The number of aliphatic carboxylic acids is 1. The molecule has 10 heteroatoms. The van der Waals surface area contributed by atoms with Crippen LogP contribution < -0.4 is 4.74 Å². The number of hydrogen-bond acceptors (Lipinski definition) is 4. The maximum absolute atomic E-state index is 15.8. The molecule has 2 unspecified atom stereocenters. The zero-order valence-corrected chi connectivity index (χ0v) is 28.6. The summed E-state index contributed by atoms with van der Waals surface area (Å²) in [6.07, 6.45) is 0.484. The minimum atomic E-state index is -1.68. The van der Waals surface area contributed by atoms with Crippen molar-refractivity contribution in [1.82, 2.24) is 4.31 Å². The Hall–Kier alpha value is -3.89. The van der Waals surface area contributed by atoms with Crippen LogP contribution in [0.4, 0.5) is 13.2 Å². The van der Waals surface area contributed by atoms with Gasteiger partial charge in [0.15, 0.2) is 6.10 Å². The molecule has 1 N–H and O–H groups in total. The van der Waals surface area contributed by atoms with E-state index in [-0.39, 0.29) is 36.6 Å². The normalized spacial score (nSPS) is 17.4. The summed E-state index contributed by atoms with van der Waals surface area (Å²) in [4.78, 5) is 12.3. The summed E-state index contributed by atoms with van der Waals surface area (Å²) in [5.41, 5.74) is 2.85. The fourth-order valence-corrected chi connectivity index (χ4v) is 6.61. The molecule has 1 heterocycles. The van der Waals surface area contributed by atoms with Gasteiger partial charge in [-0.15, -0.1) is 0 Å². The molecule has 0 amide bonds. The van der Waals surface area contributed by atoms with Crippen molar-refractivity contribution in [2.45, 2.75) is 79.2 Å². The topological polar surface area (TPSA) is 76.1 Å². The van der Waals surface area contributed by atoms with Gasteiger partial charge in [0, 0.05) is 35.4 Å². The third kappa shape index (κ3) is 8.73. The van der Waals surface area contributed by atoms with Gasteiger partial charge in [-0.1, -0.05) is 48.9 Å². The number of rotatable bonds is 11. The van der Waals surface area contributed by atoms with Gasteiger partial charge in [0.1, 0.15) is 40.8 Å². The quantitative estimate of drug-likeness (QED) is 0.222. The summed E-state index contributed by atoms with van der Waals surface area (Å²) in [6, 6.07) is 15.9. The van der Waals surface area contributed by atoms with E-state index < -0.39 is 46.1 Å². The smallest absolute Gasteiger partial charge is 0.333 e. The Labute approximate surface area is 277 Å². The molecule has 3 aromatic carbocycles. The summed E-state index contributed by atoms with van der Waals surface area (Å²) in [5.74, 6) is -2.87. The lowest BCUT2D eigenvalue weighted by Gasteiger charge is -2.37. The minimum absolute atomic E-state index is 0.0497. The highest BCUT2D eigenvalue weighted by Gasteiger charge is 2.36. The molecule has 3 aromatic rings. The van der Waals surface area contributed by atoms with Gasteiger partial charge in [0.2, 0.25) is 0 Å². The summed E-state index contributed by atoms with van der Waals surface area (Å²) in [5, 5.41) is 10.0. The zero-order valence-electron chi connectivity index (χ0n) is 27.8. The van der Waals surface area contributed by atoms with Gasteiger partial charge in [-0.3, -0.25) is 4.31 Å². The van der Waals surface area contributed by atoms with E-state index in [0.29, 0.717) is 40.2 Å². The van der Waals surface area contributed by atoms with Crippen LogP contribution in [0.5, 0.6) is 5.75 Å². The van der Waals surface area contributed by atoms with Crippen molar-refractivity contribution in [3.8, 4) is 5.75 Å². The molecule has 4 rings (SSSR count). The Kier molecular flexibility index (Phi) is 11.4. The average molecular weight is 670 g/mol. The van der Waals surface area contributed by atoms with Crippen LogP contribution >= 0.6 is 0 Å². The predicted octanol–water partition coefficient (Wildman–Crippen LogP) is 8.38. The summed E-state index contributed by atoms with van der Waals surface area (Å²) in [6.45, 7) is 10.7. The van der Waals surface area contributed by atoms with Gasteiger partial charge in [-0.25, -0.2) is 22.2 Å². The van der Waals surface area contributed by atoms with E-state index >= 15 is 8.78 Å². The average Bonchev–Trinajstić information content (AvgIpc) is 3.00. The number of ether oxygens (including phenoxy) is 2. The molecular weight excluding hydrogens is 627 g/mol. The van der Waals surface area contributed by atoms with Crippen molar-refractivity contribution in [3.63, 3.8) is 0 Å². The van der Waals surface area contributed by atoms with Crippen molar-refractivity contribution in [2.24, 2.45) is 5.92 Å². The number of halogens is 3. The first-order valence-electron chi connectivity index (χ1n) is 15.4. The number of fused-ring (bicyclic) bond motifs is 1. The molecule has 0 saturated heterocycles. The molecule has 252 valence electrons.